The van der Waals surface area contributed by atoms with E-state index in [2.05, 4.69) is 25.8 Å². The van der Waals surface area contributed by atoms with Crippen molar-refractivity contribution in [3.8, 4) is 0 Å². The monoisotopic (exact) mass is 313 g/mol. The number of amides is 1. The molecular formula is C14H23N3O3S. The van der Waals surface area contributed by atoms with Crippen molar-refractivity contribution in [1.82, 2.24) is 14.5 Å². The highest BCUT2D eigenvalue weighted by atomic mass is 32.2. The fourth-order valence-corrected chi connectivity index (χ4v) is 2.57. The first-order valence-corrected chi connectivity index (χ1v) is 7.72. The summed E-state index contributed by atoms with van der Waals surface area (Å²) in [5, 5.41) is 9.45. The molecule has 0 fully saturated rings. The standard InChI is InChI=1S/C14H23N3O3S/c1-14(2,3)10-8-15-13(21-9-12(19)20)17(10)7-6-11(18)16(4)5/h8H,6-7,9H2,1-5H3,(H,19,20). The highest BCUT2D eigenvalue weighted by Crippen LogP contribution is 2.27. The number of carbonyl (C=O) groups excluding carboxylic acids is 1. The Kier molecular flexibility index (Phi) is 5.83. The van der Waals surface area contributed by atoms with Gasteiger partial charge < -0.3 is 14.6 Å². The molecular weight excluding hydrogens is 290 g/mol. The molecule has 1 amide bonds. The van der Waals surface area contributed by atoms with Gasteiger partial charge in [-0.15, -0.1) is 0 Å². The van der Waals surface area contributed by atoms with E-state index in [1.807, 2.05) is 4.57 Å². The third-order valence-electron chi connectivity index (χ3n) is 2.96. The van der Waals surface area contributed by atoms with Gasteiger partial charge in [0.15, 0.2) is 5.16 Å². The van der Waals surface area contributed by atoms with E-state index >= 15 is 0 Å². The van der Waals surface area contributed by atoms with E-state index < -0.39 is 5.97 Å². The van der Waals surface area contributed by atoms with Crippen LogP contribution in [0.1, 0.15) is 32.9 Å². The number of thioether (sulfide) groups is 1. The van der Waals surface area contributed by atoms with Gasteiger partial charge in [-0.2, -0.15) is 0 Å². The lowest BCUT2D eigenvalue weighted by Gasteiger charge is -2.22. The molecule has 21 heavy (non-hydrogen) atoms. The third kappa shape index (κ3) is 5.08. The second kappa shape index (κ2) is 6.98. The van der Waals surface area contributed by atoms with Gasteiger partial charge in [-0.25, -0.2) is 4.98 Å². The lowest BCUT2D eigenvalue weighted by atomic mass is 9.92. The largest absolute Gasteiger partial charge is 0.481 e. The SMILES string of the molecule is CN(C)C(=O)CCn1c(C(C)(C)C)cnc1SCC(=O)O. The van der Waals surface area contributed by atoms with Gasteiger partial charge in [0.2, 0.25) is 5.91 Å². The lowest BCUT2D eigenvalue weighted by Crippen LogP contribution is -2.25. The van der Waals surface area contributed by atoms with Gasteiger partial charge in [-0.1, -0.05) is 32.5 Å². The first-order valence-electron chi connectivity index (χ1n) is 6.73. The zero-order valence-corrected chi connectivity index (χ0v) is 14.0. The summed E-state index contributed by atoms with van der Waals surface area (Å²) in [5.74, 6) is -0.878. The summed E-state index contributed by atoms with van der Waals surface area (Å²) >= 11 is 1.18. The molecule has 0 aliphatic carbocycles. The van der Waals surface area contributed by atoms with Crippen molar-refractivity contribution in [2.45, 2.75) is 44.3 Å². The molecule has 118 valence electrons. The number of hydrogen-bond donors (Lipinski definition) is 1. The summed E-state index contributed by atoms with van der Waals surface area (Å²) < 4.78 is 1.95. The molecule has 1 heterocycles. The van der Waals surface area contributed by atoms with Crippen LogP contribution < -0.4 is 0 Å². The van der Waals surface area contributed by atoms with E-state index in [-0.39, 0.29) is 17.1 Å². The first-order chi connectivity index (χ1) is 9.62. The lowest BCUT2D eigenvalue weighted by molar-refractivity contribution is -0.134. The first kappa shape index (κ1) is 17.6. The molecule has 0 aromatic carbocycles. The van der Waals surface area contributed by atoms with Gasteiger partial charge in [0.05, 0.1) is 5.75 Å². The van der Waals surface area contributed by atoms with Crippen molar-refractivity contribution >= 4 is 23.6 Å². The maximum atomic E-state index is 11.8. The number of aliphatic carboxylic acids is 1. The van der Waals surface area contributed by atoms with Crippen LogP contribution in [0.3, 0.4) is 0 Å². The number of nitrogens with zero attached hydrogens (tertiary/aromatic N) is 3. The topological polar surface area (TPSA) is 75.4 Å². The molecule has 1 N–H and O–H groups in total. The van der Waals surface area contributed by atoms with Crippen LogP contribution in [-0.4, -0.2) is 51.3 Å². The molecule has 1 aromatic heterocycles. The molecule has 1 aromatic rings. The number of carbonyl (C=O) groups is 2. The fourth-order valence-electron chi connectivity index (χ4n) is 1.85. The van der Waals surface area contributed by atoms with Crippen LogP contribution in [0.2, 0.25) is 0 Å². The zero-order valence-electron chi connectivity index (χ0n) is 13.2. The predicted molar refractivity (Wildman–Crippen MR) is 82.6 cm³/mol. The molecule has 0 saturated heterocycles. The molecule has 0 saturated carbocycles. The quantitative estimate of drug-likeness (QED) is 0.811. The molecule has 0 aliphatic heterocycles. The van der Waals surface area contributed by atoms with E-state index in [4.69, 9.17) is 5.11 Å². The Labute approximate surface area is 129 Å². The summed E-state index contributed by atoms with van der Waals surface area (Å²) in [6.07, 6.45) is 2.14. The zero-order chi connectivity index (χ0) is 16.2. The van der Waals surface area contributed by atoms with E-state index in [1.54, 1.807) is 25.2 Å². The van der Waals surface area contributed by atoms with Crippen LogP contribution in [0.15, 0.2) is 11.4 Å². The Morgan fingerprint density at radius 2 is 2.00 bits per heavy atom. The summed E-state index contributed by atoms with van der Waals surface area (Å²) in [6.45, 7) is 6.71. The van der Waals surface area contributed by atoms with Gasteiger partial charge in [-0.05, 0) is 0 Å². The van der Waals surface area contributed by atoms with Gasteiger partial charge in [0.25, 0.3) is 0 Å². The maximum Gasteiger partial charge on any atom is 0.313 e. The molecule has 1 rings (SSSR count). The van der Waals surface area contributed by atoms with Crippen LogP contribution in [-0.2, 0) is 21.5 Å². The number of carboxylic acids is 1. The summed E-state index contributed by atoms with van der Waals surface area (Å²) in [4.78, 5) is 28.4. The van der Waals surface area contributed by atoms with Crippen LogP contribution in [0, 0.1) is 0 Å². The van der Waals surface area contributed by atoms with Crippen molar-refractivity contribution in [3.63, 3.8) is 0 Å². The van der Waals surface area contributed by atoms with Crippen LogP contribution >= 0.6 is 11.8 Å². The molecule has 6 nitrogen and oxygen atoms in total. The minimum atomic E-state index is -0.878. The number of aromatic nitrogens is 2. The molecule has 0 aliphatic rings. The van der Waals surface area contributed by atoms with Crippen molar-refractivity contribution in [2.75, 3.05) is 19.8 Å². The summed E-state index contributed by atoms with van der Waals surface area (Å²) in [7, 11) is 3.45. The predicted octanol–water partition coefficient (Wildman–Crippen LogP) is 1.84. The third-order valence-corrected chi connectivity index (χ3v) is 3.94. The number of hydrogen-bond acceptors (Lipinski definition) is 4. The van der Waals surface area contributed by atoms with Crippen LogP contribution in [0.25, 0.3) is 0 Å². The number of carboxylic acid groups (broad SMARTS) is 1. The maximum absolute atomic E-state index is 11.8. The van der Waals surface area contributed by atoms with Crippen molar-refractivity contribution in [3.05, 3.63) is 11.9 Å². The molecule has 0 bridgehead atoms. The van der Waals surface area contributed by atoms with E-state index in [9.17, 15) is 9.59 Å². The molecule has 0 radical (unpaired) electrons. The normalized spacial score (nSPS) is 11.5. The van der Waals surface area contributed by atoms with Crippen molar-refractivity contribution in [2.24, 2.45) is 0 Å². The Bertz CT molecular complexity index is 518. The van der Waals surface area contributed by atoms with Gasteiger partial charge >= 0.3 is 5.97 Å². The Balaban J connectivity index is 2.97. The Morgan fingerprint density at radius 3 is 2.48 bits per heavy atom. The number of imidazole rings is 1. The van der Waals surface area contributed by atoms with Gasteiger partial charge in [0.1, 0.15) is 0 Å². The average Bonchev–Trinajstić information content (AvgIpc) is 2.75. The minimum Gasteiger partial charge on any atom is -0.481 e. The van der Waals surface area contributed by atoms with E-state index in [0.717, 1.165) is 5.69 Å². The Morgan fingerprint density at radius 1 is 1.38 bits per heavy atom. The number of rotatable bonds is 6. The minimum absolute atomic E-state index is 0.0395. The van der Waals surface area contributed by atoms with Crippen molar-refractivity contribution in [1.29, 1.82) is 0 Å². The van der Waals surface area contributed by atoms with Gasteiger partial charge in [-0.3, -0.25) is 9.59 Å². The highest BCUT2D eigenvalue weighted by Gasteiger charge is 2.22. The van der Waals surface area contributed by atoms with Gasteiger partial charge in [0, 0.05) is 44.4 Å². The second-order valence-corrected chi connectivity index (χ2v) is 6.99. The Hall–Kier alpha value is -1.50. The smallest absolute Gasteiger partial charge is 0.313 e. The highest BCUT2D eigenvalue weighted by molar-refractivity contribution is 7.99. The van der Waals surface area contributed by atoms with E-state index in [1.165, 1.54) is 11.8 Å². The molecule has 7 heteroatoms. The molecule has 0 spiro atoms. The van der Waals surface area contributed by atoms with Crippen LogP contribution in [0.5, 0.6) is 0 Å². The molecule has 0 unspecified atom stereocenters. The van der Waals surface area contributed by atoms with E-state index in [0.29, 0.717) is 18.1 Å². The van der Waals surface area contributed by atoms with Crippen molar-refractivity contribution < 1.29 is 14.7 Å². The summed E-state index contributed by atoms with van der Waals surface area (Å²) in [6, 6.07) is 0. The molecule has 0 atom stereocenters. The fraction of sp³-hybridized carbons (Fsp3) is 0.643. The average molecular weight is 313 g/mol. The second-order valence-electron chi connectivity index (χ2n) is 6.05. The van der Waals surface area contributed by atoms with Crippen LogP contribution in [0.4, 0.5) is 0 Å². The summed E-state index contributed by atoms with van der Waals surface area (Å²) in [5.41, 5.74) is 0.887.